The summed E-state index contributed by atoms with van der Waals surface area (Å²) < 4.78 is 13.4. The lowest BCUT2D eigenvalue weighted by atomic mass is 10.2. The van der Waals surface area contributed by atoms with E-state index in [-0.39, 0.29) is 12.0 Å². The Morgan fingerprint density at radius 2 is 1.97 bits per heavy atom. The lowest BCUT2D eigenvalue weighted by molar-refractivity contribution is -0.113. The van der Waals surface area contributed by atoms with Gasteiger partial charge in [0.05, 0.1) is 37.3 Å². The molecule has 0 aliphatic carbocycles. The Morgan fingerprint density at radius 3 is 2.67 bits per heavy atom. The number of aryl methyl sites for hydroxylation is 1. The lowest BCUT2D eigenvalue weighted by Gasteiger charge is -2.28. The molecule has 0 unspecified atom stereocenters. The Bertz CT molecular complexity index is 856. The number of morpholine rings is 1. The van der Waals surface area contributed by atoms with E-state index in [2.05, 4.69) is 38.8 Å². The maximum absolute atomic E-state index is 12.5. The second-order valence-corrected chi connectivity index (χ2v) is 8.74. The minimum Gasteiger partial charge on any atom is -0.378 e. The van der Waals surface area contributed by atoms with Crippen molar-refractivity contribution in [1.82, 2.24) is 9.55 Å². The van der Waals surface area contributed by atoms with E-state index in [1.165, 1.54) is 11.8 Å². The average molecular weight is 431 g/mol. The number of thioether (sulfide) groups is 1. The number of benzene rings is 1. The molecule has 2 aliphatic rings. The van der Waals surface area contributed by atoms with Gasteiger partial charge >= 0.3 is 0 Å². The van der Waals surface area contributed by atoms with Crippen LogP contribution in [0.15, 0.2) is 29.4 Å². The van der Waals surface area contributed by atoms with E-state index in [0.29, 0.717) is 5.75 Å². The molecule has 7 nitrogen and oxygen atoms in total. The molecule has 1 aromatic carbocycles. The Labute approximate surface area is 182 Å². The van der Waals surface area contributed by atoms with E-state index in [1.807, 2.05) is 19.1 Å². The molecule has 162 valence electrons. The van der Waals surface area contributed by atoms with Crippen molar-refractivity contribution in [1.29, 1.82) is 0 Å². The van der Waals surface area contributed by atoms with Crippen LogP contribution in [-0.4, -0.2) is 60.2 Å². The van der Waals surface area contributed by atoms with Crippen LogP contribution in [0.2, 0.25) is 0 Å². The molecule has 1 N–H and O–H groups in total. The first-order valence-electron chi connectivity index (χ1n) is 10.6. The number of carbonyl (C=O) groups excluding carboxylic acids is 1. The molecule has 8 heteroatoms. The molecule has 4 rings (SSSR count). The highest BCUT2D eigenvalue weighted by atomic mass is 32.2. The first-order valence-corrected chi connectivity index (χ1v) is 11.6. The van der Waals surface area contributed by atoms with Crippen molar-refractivity contribution >= 4 is 29.0 Å². The maximum atomic E-state index is 12.5. The molecule has 1 aromatic heterocycles. The zero-order chi connectivity index (χ0) is 20.9. The first-order chi connectivity index (χ1) is 14.6. The summed E-state index contributed by atoms with van der Waals surface area (Å²) in [7, 11) is 0. The molecule has 2 saturated heterocycles. The summed E-state index contributed by atoms with van der Waals surface area (Å²) >= 11 is 1.48. The van der Waals surface area contributed by atoms with Crippen molar-refractivity contribution in [3.05, 3.63) is 35.7 Å². The molecule has 0 saturated carbocycles. The van der Waals surface area contributed by atoms with Gasteiger partial charge in [0, 0.05) is 36.8 Å². The van der Waals surface area contributed by atoms with Crippen LogP contribution in [0.4, 0.5) is 11.4 Å². The minimum atomic E-state index is -0.0268. The Hall–Kier alpha value is -2.03. The molecule has 30 heavy (non-hydrogen) atoms. The van der Waals surface area contributed by atoms with Crippen molar-refractivity contribution in [3.8, 4) is 0 Å². The van der Waals surface area contributed by atoms with Crippen LogP contribution >= 0.6 is 11.8 Å². The molecular formula is C22H30N4O3S. The monoisotopic (exact) mass is 430 g/mol. The number of amides is 1. The first kappa shape index (κ1) is 21.2. The molecular weight excluding hydrogens is 400 g/mol. The van der Waals surface area contributed by atoms with Gasteiger partial charge in [-0.2, -0.15) is 0 Å². The van der Waals surface area contributed by atoms with E-state index in [0.717, 1.165) is 80.2 Å². The number of nitrogens with zero attached hydrogens (tertiary/aromatic N) is 3. The zero-order valence-corrected chi connectivity index (χ0v) is 18.5. The topological polar surface area (TPSA) is 68.6 Å². The Kier molecular flexibility index (Phi) is 6.97. The van der Waals surface area contributed by atoms with Crippen LogP contribution in [0.25, 0.3) is 0 Å². The summed E-state index contributed by atoms with van der Waals surface area (Å²) in [5.74, 6) is 0.299. The van der Waals surface area contributed by atoms with Crippen molar-refractivity contribution < 1.29 is 14.3 Å². The third-order valence-corrected chi connectivity index (χ3v) is 6.67. The second-order valence-electron chi connectivity index (χ2n) is 7.79. The summed E-state index contributed by atoms with van der Waals surface area (Å²) in [6.45, 7) is 9.07. The molecule has 0 spiro atoms. The van der Waals surface area contributed by atoms with Crippen LogP contribution in [0.3, 0.4) is 0 Å². The van der Waals surface area contributed by atoms with E-state index in [1.54, 1.807) is 0 Å². The third-order valence-electron chi connectivity index (χ3n) is 5.69. The van der Waals surface area contributed by atoms with Crippen LogP contribution in [0, 0.1) is 13.8 Å². The van der Waals surface area contributed by atoms with E-state index >= 15 is 0 Å². The normalized spacial score (nSPS) is 19.3. The van der Waals surface area contributed by atoms with Gasteiger partial charge in [0.25, 0.3) is 0 Å². The quantitative estimate of drug-likeness (QED) is 0.680. The molecule has 3 heterocycles. The average Bonchev–Trinajstić information content (AvgIpc) is 3.37. The summed E-state index contributed by atoms with van der Waals surface area (Å²) in [4.78, 5) is 19.5. The van der Waals surface area contributed by atoms with Crippen molar-refractivity contribution in [2.75, 3.05) is 48.9 Å². The standard InChI is InChI=1S/C22H30N4O3S/c1-16-17(2)26(14-20-4-3-11-29-20)22(23-16)30-15-21(27)24-18-5-7-19(8-6-18)25-9-12-28-13-10-25/h5-8,20H,3-4,9-15H2,1-2H3,(H,24,27)/t20-/m1/s1. The molecule has 0 radical (unpaired) electrons. The number of aromatic nitrogens is 2. The van der Waals surface area contributed by atoms with Gasteiger partial charge in [-0.1, -0.05) is 11.8 Å². The molecule has 2 aliphatic heterocycles. The number of hydrogen-bond acceptors (Lipinski definition) is 6. The highest BCUT2D eigenvalue weighted by Crippen LogP contribution is 2.25. The molecule has 2 fully saturated rings. The lowest BCUT2D eigenvalue weighted by Crippen LogP contribution is -2.36. The van der Waals surface area contributed by atoms with Gasteiger partial charge < -0.3 is 24.3 Å². The van der Waals surface area contributed by atoms with E-state index in [4.69, 9.17) is 9.47 Å². The highest BCUT2D eigenvalue weighted by Gasteiger charge is 2.21. The SMILES string of the molecule is Cc1nc(SCC(=O)Nc2ccc(N3CCOCC3)cc2)n(C[C@H]2CCCO2)c1C. The van der Waals surface area contributed by atoms with Gasteiger partial charge in [-0.3, -0.25) is 4.79 Å². The number of hydrogen-bond donors (Lipinski definition) is 1. The number of carbonyl (C=O) groups is 1. The highest BCUT2D eigenvalue weighted by molar-refractivity contribution is 7.99. The van der Waals surface area contributed by atoms with Gasteiger partial charge in [0.15, 0.2) is 5.16 Å². The van der Waals surface area contributed by atoms with Gasteiger partial charge in [-0.25, -0.2) is 4.98 Å². The second kappa shape index (κ2) is 9.85. The Morgan fingerprint density at radius 1 is 1.20 bits per heavy atom. The number of rotatable bonds is 7. The summed E-state index contributed by atoms with van der Waals surface area (Å²) in [5.41, 5.74) is 4.13. The van der Waals surface area contributed by atoms with Gasteiger partial charge in [-0.15, -0.1) is 0 Å². The predicted molar refractivity (Wildman–Crippen MR) is 120 cm³/mol. The number of ether oxygens (including phenoxy) is 2. The predicted octanol–water partition coefficient (Wildman–Crippen LogP) is 3.25. The minimum absolute atomic E-state index is 0.0268. The molecule has 1 amide bonds. The van der Waals surface area contributed by atoms with Crippen molar-refractivity contribution in [3.63, 3.8) is 0 Å². The number of nitrogens with one attached hydrogen (secondary N) is 1. The van der Waals surface area contributed by atoms with Gasteiger partial charge in [0.1, 0.15) is 0 Å². The fraction of sp³-hybridized carbons (Fsp3) is 0.545. The fourth-order valence-corrected chi connectivity index (χ4v) is 4.75. The van der Waals surface area contributed by atoms with Crippen LogP contribution < -0.4 is 10.2 Å². The fourth-order valence-electron chi connectivity index (χ4n) is 3.84. The largest absolute Gasteiger partial charge is 0.378 e. The number of anilines is 2. The molecule has 0 bridgehead atoms. The van der Waals surface area contributed by atoms with E-state index in [9.17, 15) is 4.79 Å². The van der Waals surface area contributed by atoms with Crippen molar-refractivity contribution in [2.45, 2.75) is 44.5 Å². The third kappa shape index (κ3) is 5.17. The van der Waals surface area contributed by atoms with Crippen LogP contribution in [0.1, 0.15) is 24.2 Å². The van der Waals surface area contributed by atoms with Gasteiger partial charge in [-0.05, 0) is 51.0 Å². The molecule has 1 atom stereocenters. The van der Waals surface area contributed by atoms with E-state index < -0.39 is 0 Å². The Balaban J connectivity index is 1.32. The smallest absolute Gasteiger partial charge is 0.234 e. The van der Waals surface area contributed by atoms with Crippen LogP contribution in [0.5, 0.6) is 0 Å². The summed E-state index contributed by atoms with van der Waals surface area (Å²) in [6.07, 6.45) is 2.45. The molecule has 2 aromatic rings. The van der Waals surface area contributed by atoms with Gasteiger partial charge in [0.2, 0.25) is 5.91 Å². The maximum Gasteiger partial charge on any atom is 0.234 e. The zero-order valence-electron chi connectivity index (χ0n) is 17.7. The number of imidazole rings is 1. The van der Waals surface area contributed by atoms with Crippen LogP contribution in [-0.2, 0) is 20.8 Å². The van der Waals surface area contributed by atoms with Crippen molar-refractivity contribution in [2.24, 2.45) is 0 Å². The summed E-state index contributed by atoms with van der Waals surface area (Å²) in [5, 5.41) is 3.88. The summed E-state index contributed by atoms with van der Waals surface area (Å²) in [6, 6.07) is 8.02.